The van der Waals surface area contributed by atoms with Crippen molar-refractivity contribution in [2.75, 3.05) is 0 Å². The molecule has 5 heteroatoms. The van der Waals surface area contributed by atoms with Crippen LogP contribution in [0.1, 0.15) is 43.3 Å². The van der Waals surface area contributed by atoms with Crippen LogP contribution in [0.25, 0.3) is 0 Å². The number of nitrogens with zero attached hydrogens (tertiary/aromatic N) is 1. The van der Waals surface area contributed by atoms with Gasteiger partial charge in [0, 0.05) is 18.8 Å². The summed E-state index contributed by atoms with van der Waals surface area (Å²) < 4.78 is 31.1. The van der Waals surface area contributed by atoms with Crippen molar-refractivity contribution < 1.29 is 13.2 Å². The SMILES string of the molecule is FC1(F)CCC(c2cnc(CCl)o2)CC1. The molecule has 1 aromatic rings. The molecule has 0 bridgehead atoms. The average molecular weight is 236 g/mol. The van der Waals surface area contributed by atoms with Crippen LogP contribution >= 0.6 is 11.6 Å². The molecule has 2 nitrogen and oxygen atoms in total. The fourth-order valence-corrected chi connectivity index (χ4v) is 2.02. The van der Waals surface area contributed by atoms with Gasteiger partial charge < -0.3 is 4.42 Å². The van der Waals surface area contributed by atoms with Crippen molar-refractivity contribution in [1.29, 1.82) is 0 Å². The van der Waals surface area contributed by atoms with Gasteiger partial charge in [0.15, 0.2) is 0 Å². The van der Waals surface area contributed by atoms with Gasteiger partial charge in [-0.2, -0.15) is 0 Å². The van der Waals surface area contributed by atoms with E-state index >= 15 is 0 Å². The van der Waals surface area contributed by atoms with Crippen LogP contribution in [0.5, 0.6) is 0 Å². The van der Waals surface area contributed by atoms with E-state index < -0.39 is 5.92 Å². The van der Waals surface area contributed by atoms with Gasteiger partial charge in [0.2, 0.25) is 11.8 Å². The number of rotatable bonds is 2. The Labute approximate surface area is 91.6 Å². The molecule has 0 saturated heterocycles. The van der Waals surface area contributed by atoms with Crippen molar-refractivity contribution in [2.45, 2.75) is 43.4 Å². The standard InChI is InChI=1S/C10H12ClF2NO/c11-5-9-14-6-8(15-9)7-1-3-10(12,13)4-2-7/h6-7H,1-5H2. The third-order valence-corrected chi connectivity index (χ3v) is 3.03. The van der Waals surface area contributed by atoms with E-state index in [0.29, 0.717) is 24.5 Å². The highest BCUT2D eigenvalue weighted by molar-refractivity contribution is 6.16. The molecule has 0 spiro atoms. The van der Waals surface area contributed by atoms with E-state index in [4.69, 9.17) is 16.0 Å². The van der Waals surface area contributed by atoms with E-state index in [1.54, 1.807) is 6.20 Å². The number of hydrogen-bond acceptors (Lipinski definition) is 2. The van der Waals surface area contributed by atoms with Gasteiger partial charge in [0.05, 0.1) is 12.1 Å². The molecule has 1 fully saturated rings. The fraction of sp³-hybridized carbons (Fsp3) is 0.700. The minimum Gasteiger partial charge on any atom is -0.444 e. The van der Waals surface area contributed by atoms with Gasteiger partial charge in [0.1, 0.15) is 5.76 Å². The van der Waals surface area contributed by atoms with Gasteiger partial charge in [-0.3, -0.25) is 0 Å². The Balaban J connectivity index is 2.01. The van der Waals surface area contributed by atoms with Crippen molar-refractivity contribution in [3.05, 3.63) is 17.8 Å². The molecule has 0 N–H and O–H groups in total. The minimum atomic E-state index is -2.49. The Kier molecular flexibility index (Phi) is 2.96. The number of oxazole rings is 1. The van der Waals surface area contributed by atoms with E-state index in [1.807, 2.05) is 0 Å². The summed E-state index contributed by atoms with van der Waals surface area (Å²) in [6, 6.07) is 0. The third kappa shape index (κ3) is 2.48. The van der Waals surface area contributed by atoms with E-state index in [2.05, 4.69) is 4.98 Å². The second-order valence-electron chi connectivity index (χ2n) is 3.92. The van der Waals surface area contributed by atoms with E-state index in [0.717, 1.165) is 0 Å². The first-order chi connectivity index (χ1) is 7.11. The molecule has 0 aliphatic heterocycles. The molecule has 2 rings (SSSR count). The maximum atomic E-state index is 12.9. The highest BCUT2D eigenvalue weighted by Gasteiger charge is 2.36. The molecule has 1 aromatic heterocycles. The van der Waals surface area contributed by atoms with Crippen LogP contribution in [0.4, 0.5) is 8.78 Å². The van der Waals surface area contributed by atoms with Crippen LogP contribution in [0.15, 0.2) is 10.6 Å². The number of alkyl halides is 3. The summed E-state index contributed by atoms with van der Waals surface area (Å²) in [7, 11) is 0. The summed E-state index contributed by atoms with van der Waals surface area (Å²) in [5, 5.41) is 0. The van der Waals surface area contributed by atoms with Gasteiger partial charge in [-0.15, -0.1) is 11.6 Å². The molecule has 84 valence electrons. The molecule has 0 aromatic carbocycles. The summed E-state index contributed by atoms with van der Waals surface area (Å²) in [6.07, 6.45) is 2.41. The fourth-order valence-electron chi connectivity index (χ4n) is 1.90. The Bertz CT molecular complexity index is 330. The molecule has 1 heterocycles. The quantitative estimate of drug-likeness (QED) is 0.731. The summed E-state index contributed by atoms with van der Waals surface area (Å²) in [5.74, 6) is -1.03. The van der Waals surface area contributed by atoms with Gasteiger partial charge in [-0.05, 0) is 12.8 Å². The van der Waals surface area contributed by atoms with Crippen molar-refractivity contribution in [3.8, 4) is 0 Å². The monoisotopic (exact) mass is 235 g/mol. The number of aromatic nitrogens is 1. The normalized spacial score (nSPS) is 21.8. The highest BCUT2D eigenvalue weighted by Crippen LogP contribution is 2.40. The van der Waals surface area contributed by atoms with Crippen LogP contribution < -0.4 is 0 Å². The first-order valence-electron chi connectivity index (χ1n) is 4.99. The Morgan fingerprint density at radius 3 is 2.67 bits per heavy atom. The van der Waals surface area contributed by atoms with Gasteiger partial charge in [-0.1, -0.05) is 0 Å². The topological polar surface area (TPSA) is 26.0 Å². The minimum absolute atomic E-state index is 0.0609. The summed E-state index contributed by atoms with van der Waals surface area (Å²) in [5.41, 5.74) is 0. The first-order valence-corrected chi connectivity index (χ1v) is 5.52. The van der Waals surface area contributed by atoms with Crippen molar-refractivity contribution in [1.82, 2.24) is 4.98 Å². The van der Waals surface area contributed by atoms with E-state index in [1.165, 1.54) is 0 Å². The average Bonchev–Trinajstić information content (AvgIpc) is 2.66. The molecule has 1 aliphatic carbocycles. The second kappa shape index (κ2) is 4.08. The zero-order chi connectivity index (χ0) is 10.9. The van der Waals surface area contributed by atoms with E-state index in [-0.39, 0.29) is 24.6 Å². The molecule has 0 unspecified atom stereocenters. The lowest BCUT2D eigenvalue weighted by molar-refractivity contribution is -0.0395. The molecule has 0 atom stereocenters. The molecule has 1 aliphatic rings. The van der Waals surface area contributed by atoms with E-state index in [9.17, 15) is 8.78 Å². The maximum Gasteiger partial charge on any atom is 0.248 e. The number of halogens is 3. The van der Waals surface area contributed by atoms with Crippen molar-refractivity contribution in [2.24, 2.45) is 0 Å². The Morgan fingerprint density at radius 2 is 2.13 bits per heavy atom. The van der Waals surface area contributed by atoms with Crippen LogP contribution in [0.3, 0.4) is 0 Å². The van der Waals surface area contributed by atoms with Gasteiger partial charge in [-0.25, -0.2) is 13.8 Å². The Hall–Kier alpha value is -0.640. The molecule has 15 heavy (non-hydrogen) atoms. The lowest BCUT2D eigenvalue weighted by atomic mass is 9.85. The van der Waals surface area contributed by atoms with Crippen LogP contribution in [-0.4, -0.2) is 10.9 Å². The summed E-state index contributed by atoms with van der Waals surface area (Å²) in [4.78, 5) is 3.96. The maximum absolute atomic E-state index is 12.9. The highest BCUT2D eigenvalue weighted by atomic mass is 35.5. The molecule has 1 saturated carbocycles. The number of hydrogen-bond donors (Lipinski definition) is 0. The second-order valence-corrected chi connectivity index (χ2v) is 4.19. The van der Waals surface area contributed by atoms with Crippen LogP contribution in [0.2, 0.25) is 0 Å². The lowest BCUT2D eigenvalue weighted by Gasteiger charge is -2.26. The first kappa shape index (κ1) is 10.9. The zero-order valence-corrected chi connectivity index (χ0v) is 8.94. The molecular formula is C10H12ClF2NO. The molecule has 0 radical (unpaired) electrons. The smallest absolute Gasteiger partial charge is 0.248 e. The predicted molar refractivity (Wildman–Crippen MR) is 52.2 cm³/mol. The van der Waals surface area contributed by atoms with Crippen LogP contribution in [-0.2, 0) is 5.88 Å². The van der Waals surface area contributed by atoms with Crippen LogP contribution in [0, 0.1) is 0 Å². The molecular weight excluding hydrogens is 224 g/mol. The largest absolute Gasteiger partial charge is 0.444 e. The zero-order valence-electron chi connectivity index (χ0n) is 8.18. The third-order valence-electron chi connectivity index (χ3n) is 2.81. The lowest BCUT2D eigenvalue weighted by Crippen LogP contribution is -2.23. The van der Waals surface area contributed by atoms with Gasteiger partial charge >= 0.3 is 0 Å². The van der Waals surface area contributed by atoms with Crippen molar-refractivity contribution >= 4 is 11.6 Å². The van der Waals surface area contributed by atoms with Crippen molar-refractivity contribution in [3.63, 3.8) is 0 Å². The molecule has 0 amide bonds. The van der Waals surface area contributed by atoms with Gasteiger partial charge in [0.25, 0.3) is 0 Å². The Morgan fingerprint density at radius 1 is 1.47 bits per heavy atom. The predicted octanol–water partition coefficient (Wildman–Crippen LogP) is 3.71. The summed E-state index contributed by atoms with van der Waals surface area (Å²) in [6.45, 7) is 0. The summed E-state index contributed by atoms with van der Waals surface area (Å²) >= 11 is 5.55.